The Balaban J connectivity index is 1.31. The largest absolute Gasteiger partial charge is 0.325 e. The molecule has 0 aliphatic carbocycles. The summed E-state index contributed by atoms with van der Waals surface area (Å²) in [5.41, 5.74) is 5.67. The van der Waals surface area contributed by atoms with Gasteiger partial charge in [-0.2, -0.15) is 0 Å². The van der Waals surface area contributed by atoms with Crippen molar-refractivity contribution in [1.29, 1.82) is 0 Å². The van der Waals surface area contributed by atoms with Gasteiger partial charge in [0.15, 0.2) is 4.34 Å². The molecule has 31 heavy (non-hydrogen) atoms. The van der Waals surface area contributed by atoms with E-state index in [0.717, 1.165) is 43.1 Å². The number of hydrogen-bond donors (Lipinski definition) is 1. The molecule has 0 fully saturated rings. The zero-order chi connectivity index (χ0) is 21.8. The smallest absolute Gasteiger partial charge is 0.231 e. The molecular weight excluding hydrogens is 449 g/mol. The monoisotopic (exact) mass is 469 g/mol. The van der Waals surface area contributed by atoms with Crippen molar-refractivity contribution in [1.82, 2.24) is 9.97 Å². The van der Waals surface area contributed by atoms with Gasteiger partial charge >= 0.3 is 0 Å². The molecule has 4 nitrogen and oxygen atoms in total. The van der Waals surface area contributed by atoms with Crippen LogP contribution >= 0.6 is 34.4 Å². The van der Waals surface area contributed by atoms with Crippen LogP contribution in [0.1, 0.15) is 21.8 Å². The number of aryl methyl sites for hydroxylation is 2. The minimum Gasteiger partial charge on any atom is -0.325 e. The third kappa shape index (κ3) is 5.78. The average Bonchev–Trinajstić information content (AvgIpc) is 3.39. The van der Waals surface area contributed by atoms with Crippen molar-refractivity contribution in [3.8, 4) is 11.3 Å². The van der Waals surface area contributed by atoms with Gasteiger partial charge in [0.25, 0.3) is 0 Å². The van der Waals surface area contributed by atoms with Gasteiger partial charge < -0.3 is 5.32 Å². The molecule has 0 spiro atoms. The number of benzene rings is 2. The summed E-state index contributed by atoms with van der Waals surface area (Å²) >= 11 is 4.66. The summed E-state index contributed by atoms with van der Waals surface area (Å²) in [4.78, 5) is 21.6. The van der Waals surface area contributed by atoms with Crippen LogP contribution in [-0.4, -0.2) is 15.9 Å². The molecule has 0 radical (unpaired) electrons. The SMILES string of the molecule is Cc1ccc(C)c(NC(=O)Cc2nc(CSc3nc(-c4ccc(F)cc4)cs3)cs2)c1. The fraction of sp³-hybridized carbons (Fsp3) is 0.174. The number of amides is 1. The van der Waals surface area contributed by atoms with E-state index in [1.54, 1.807) is 35.2 Å². The number of rotatable bonds is 7. The number of anilines is 1. The topological polar surface area (TPSA) is 54.9 Å². The highest BCUT2D eigenvalue weighted by atomic mass is 32.2. The summed E-state index contributed by atoms with van der Waals surface area (Å²) in [6, 6.07) is 12.4. The zero-order valence-corrected chi connectivity index (χ0v) is 19.5. The molecule has 0 bridgehead atoms. The van der Waals surface area contributed by atoms with Crippen molar-refractivity contribution in [3.05, 3.63) is 80.9 Å². The highest BCUT2D eigenvalue weighted by molar-refractivity contribution is 8.00. The molecule has 2 aromatic heterocycles. The molecule has 2 aromatic carbocycles. The first-order valence-electron chi connectivity index (χ1n) is 9.61. The number of nitrogens with zero attached hydrogens (tertiary/aromatic N) is 2. The number of hydrogen-bond acceptors (Lipinski definition) is 6. The summed E-state index contributed by atoms with van der Waals surface area (Å²) in [6.45, 7) is 3.98. The normalized spacial score (nSPS) is 10.9. The van der Waals surface area contributed by atoms with Crippen LogP contribution < -0.4 is 5.32 Å². The summed E-state index contributed by atoms with van der Waals surface area (Å²) in [5.74, 6) is 0.368. The third-order valence-electron chi connectivity index (χ3n) is 4.54. The van der Waals surface area contributed by atoms with Gasteiger partial charge in [-0.15, -0.1) is 22.7 Å². The van der Waals surface area contributed by atoms with E-state index in [9.17, 15) is 9.18 Å². The average molecular weight is 470 g/mol. The van der Waals surface area contributed by atoms with Crippen LogP contribution in [-0.2, 0) is 17.0 Å². The maximum Gasteiger partial charge on any atom is 0.231 e. The Morgan fingerprint density at radius 1 is 1.06 bits per heavy atom. The van der Waals surface area contributed by atoms with Gasteiger partial charge in [-0.3, -0.25) is 4.79 Å². The molecule has 4 aromatic rings. The fourth-order valence-corrected chi connectivity index (χ4v) is 5.54. The lowest BCUT2D eigenvalue weighted by Crippen LogP contribution is -2.15. The predicted octanol–water partition coefficient (Wildman–Crippen LogP) is 6.50. The number of nitrogens with one attached hydrogen (secondary N) is 1. The van der Waals surface area contributed by atoms with Gasteiger partial charge in [-0.25, -0.2) is 14.4 Å². The van der Waals surface area contributed by atoms with Crippen LogP contribution in [0.4, 0.5) is 10.1 Å². The van der Waals surface area contributed by atoms with Gasteiger partial charge in [0.05, 0.1) is 17.8 Å². The van der Waals surface area contributed by atoms with Crippen molar-refractivity contribution >= 4 is 46.0 Å². The van der Waals surface area contributed by atoms with E-state index in [4.69, 9.17) is 0 Å². The lowest BCUT2D eigenvalue weighted by molar-refractivity contribution is -0.115. The van der Waals surface area contributed by atoms with E-state index in [-0.39, 0.29) is 18.1 Å². The number of halogens is 1. The Morgan fingerprint density at radius 3 is 2.68 bits per heavy atom. The molecule has 0 unspecified atom stereocenters. The Hall–Kier alpha value is -2.55. The molecule has 2 heterocycles. The molecule has 8 heteroatoms. The summed E-state index contributed by atoms with van der Waals surface area (Å²) in [5, 5.41) is 7.74. The van der Waals surface area contributed by atoms with Gasteiger partial charge in [-0.1, -0.05) is 23.9 Å². The zero-order valence-electron chi connectivity index (χ0n) is 17.0. The maximum atomic E-state index is 13.1. The molecule has 0 aliphatic heterocycles. The van der Waals surface area contributed by atoms with E-state index in [0.29, 0.717) is 5.75 Å². The Kier molecular flexibility index (Phi) is 6.80. The highest BCUT2D eigenvalue weighted by Gasteiger charge is 2.11. The Bertz CT molecular complexity index is 1200. The van der Waals surface area contributed by atoms with Gasteiger partial charge in [-0.05, 0) is 55.3 Å². The predicted molar refractivity (Wildman–Crippen MR) is 127 cm³/mol. The second kappa shape index (κ2) is 9.72. The molecule has 0 atom stereocenters. The maximum absolute atomic E-state index is 13.1. The number of aromatic nitrogens is 2. The first-order valence-corrected chi connectivity index (χ1v) is 12.4. The third-order valence-corrected chi connectivity index (χ3v) is 7.50. The minimum atomic E-state index is -0.254. The molecule has 1 amide bonds. The van der Waals surface area contributed by atoms with Crippen LogP contribution in [0.2, 0.25) is 0 Å². The van der Waals surface area contributed by atoms with Gasteiger partial charge in [0.2, 0.25) is 5.91 Å². The first-order chi connectivity index (χ1) is 15.0. The summed E-state index contributed by atoms with van der Waals surface area (Å²) in [6.07, 6.45) is 0.259. The number of carbonyl (C=O) groups excluding carboxylic acids is 1. The van der Waals surface area contributed by atoms with Crippen LogP contribution in [0.5, 0.6) is 0 Å². The van der Waals surface area contributed by atoms with Crippen LogP contribution in [0.25, 0.3) is 11.3 Å². The van der Waals surface area contributed by atoms with E-state index < -0.39 is 0 Å². The van der Waals surface area contributed by atoms with Crippen LogP contribution in [0.15, 0.2) is 57.6 Å². The number of carbonyl (C=O) groups is 1. The van der Waals surface area contributed by atoms with Gasteiger partial charge in [0.1, 0.15) is 10.8 Å². The van der Waals surface area contributed by atoms with E-state index in [2.05, 4.69) is 15.3 Å². The minimum absolute atomic E-state index is 0.0638. The van der Waals surface area contributed by atoms with E-state index in [1.165, 1.54) is 23.5 Å². The van der Waals surface area contributed by atoms with Crippen molar-refractivity contribution < 1.29 is 9.18 Å². The second-order valence-corrected chi connectivity index (χ2v) is 10.1. The highest BCUT2D eigenvalue weighted by Crippen LogP contribution is 2.30. The number of thioether (sulfide) groups is 1. The van der Waals surface area contributed by atoms with E-state index >= 15 is 0 Å². The molecule has 4 rings (SSSR count). The standard InChI is InChI=1S/C23H20FN3OS3/c1-14-3-4-15(2)19(9-14)26-21(28)10-22-25-18(11-29-22)12-30-23-27-20(13-31-23)16-5-7-17(24)8-6-16/h3-9,11,13H,10,12H2,1-2H3,(H,26,28). The summed E-state index contributed by atoms with van der Waals surface area (Å²) < 4.78 is 14.0. The van der Waals surface area contributed by atoms with Gasteiger partial charge in [0, 0.05) is 27.8 Å². The van der Waals surface area contributed by atoms with Crippen LogP contribution in [0, 0.1) is 19.7 Å². The molecule has 1 N–H and O–H groups in total. The van der Waals surface area contributed by atoms with Crippen molar-refractivity contribution in [3.63, 3.8) is 0 Å². The molecule has 158 valence electrons. The Morgan fingerprint density at radius 2 is 1.87 bits per heavy atom. The van der Waals surface area contributed by atoms with Crippen molar-refractivity contribution in [2.45, 2.75) is 30.4 Å². The molecule has 0 saturated carbocycles. The molecular formula is C23H20FN3OS3. The quantitative estimate of drug-likeness (QED) is 0.314. The Labute approximate surface area is 192 Å². The molecule has 0 aliphatic rings. The molecule has 0 saturated heterocycles. The van der Waals surface area contributed by atoms with Crippen molar-refractivity contribution in [2.75, 3.05) is 5.32 Å². The number of thiazole rings is 2. The fourth-order valence-electron chi connectivity index (χ4n) is 2.91. The van der Waals surface area contributed by atoms with Crippen molar-refractivity contribution in [2.24, 2.45) is 0 Å². The van der Waals surface area contributed by atoms with E-state index in [1.807, 2.05) is 42.8 Å². The summed E-state index contributed by atoms with van der Waals surface area (Å²) in [7, 11) is 0. The van der Waals surface area contributed by atoms with Crippen LogP contribution in [0.3, 0.4) is 0 Å². The first kappa shape index (κ1) is 21.7. The lowest BCUT2D eigenvalue weighted by atomic mass is 10.1. The second-order valence-electron chi connectivity index (χ2n) is 7.07. The lowest BCUT2D eigenvalue weighted by Gasteiger charge is -2.08.